The lowest BCUT2D eigenvalue weighted by atomic mass is 9.86. The summed E-state index contributed by atoms with van der Waals surface area (Å²) in [6.45, 7) is -0.883. The van der Waals surface area contributed by atoms with Gasteiger partial charge < -0.3 is 14.7 Å². The van der Waals surface area contributed by atoms with Gasteiger partial charge in [0.2, 0.25) is 0 Å². The van der Waals surface area contributed by atoms with E-state index in [0.717, 1.165) is 12.1 Å². The first-order chi connectivity index (χ1) is 17.4. The van der Waals surface area contributed by atoms with E-state index in [2.05, 4.69) is 4.74 Å². The molecular formula is C26H21F8NO2. The monoisotopic (exact) mass is 531 g/mol. The first kappa shape index (κ1) is 26.7. The van der Waals surface area contributed by atoms with Crippen LogP contribution in [-0.4, -0.2) is 36.5 Å². The molecule has 11 heteroatoms. The van der Waals surface area contributed by atoms with Crippen LogP contribution in [0, 0.1) is 5.82 Å². The summed E-state index contributed by atoms with van der Waals surface area (Å²) >= 11 is 0. The van der Waals surface area contributed by atoms with Gasteiger partial charge in [0.15, 0.2) is 6.10 Å². The number of aliphatic hydroxyl groups is 1. The van der Waals surface area contributed by atoms with Crippen LogP contribution >= 0.6 is 0 Å². The van der Waals surface area contributed by atoms with Crippen molar-refractivity contribution in [3.05, 3.63) is 83.7 Å². The fourth-order valence-corrected chi connectivity index (χ4v) is 4.49. The van der Waals surface area contributed by atoms with Gasteiger partial charge in [-0.1, -0.05) is 36.4 Å². The molecule has 3 aromatic rings. The highest BCUT2D eigenvalue weighted by atomic mass is 19.4. The second-order valence-electron chi connectivity index (χ2n) is 8.61. The summed E-state index contributed by atoms with van der Waals surface area (Å²) in [5, 5.41) is 9.90. The lowest BCUT2D eigenvalue weighted by molar-refractivity contribution is -0.253. The van der Waals surface area contributed by atoms with Crippen LogP contribution in [0.2, 0.25) is 0 Å². The van der Waals surface area contributed by atoms with Gasteiger partial charge in [0.25, 0.3) is 0 Å². The Morgan fingerprint density at radius 1 is 0.946 bits per heavy atom. The molecule has 1 heterocycles. The average molecular weight is 531 g/mol. The number of hydrogen-bond acceptors (Lipinski definition) is 3. The third-order valence-electron chi connectivity index (χ3n) is 6.14. The SMILES string of the molecule is OC(CN1c2cccc(-c3cccc(F)c3)c2CCC1c1cccc(OC(F)(F)C(F)F)c1)C(F)(F)F. The Bertz CT molecular complexity index is 1250. The van der Waals surface area contributed by atoms with E-state index in [4.69, 9.17) is 0 Å². The molecule has 0 aromatic heterocycles. The van der Waals surface area contributed by atoms with Crippen molar-refractivity contribution < 1.29 is 45.0 Å². The second-order valence-corrected chi connectivity index (χ2v) is 8.61. The predicted octanol–water partition coefficient (Wildman–Crippen LogP) is 7.15. The smallest absolute Gasteiger partial charge is 0.428 e. The fourth-order valence-electron chi connectivity index (χ4n) is 4.49. The molecule has 0 saturated heterocycles. The van der Waals surface area contributed by atoms with Gasteiger partial charge >= 0.3 is 18.7 Å². The molecule has 0 bridgehead atoms. The molecule has 198 valence electrons. The van der Waals surface area contributed by atoms with Crippen molar-refractivity contribution in [2.75, 3.05) is 11.4 Å². The van der Waals surface area contributed by atoms with Gasteiger partial charge in [-0.3, -0.25) is 0 Å². The predicted molar refractivity (Wildman–Crippen MR) is 120 cm³/mol. The maximum Gasteiger partial charge on any atom is 0.461 e. The van der Waals surface area contributed by atoms with Crippen molar-refractivity contribution in [3.63, 3.8) is 0 Å². The first-order valence-corrected chi connectivity index (χ1v) is 11.2. The first-order valence-electron chi connectivity index (χ1n) is 11.2. The molecule has 3 aromatic carbocycles. The largest absolute Gasteiger partial charge is 0.461 e. The van der Waals surface area contributed by atoms with E-state index in [-0.39, 0.29) is 12.0 Å². The zero-order valence-corrected chi connectivity index (χ0v) is 19.0. The Labute approximate surface area is 206 Å². The highest BCUT2D eigenvalue weighted by Gasteiger charge is 2.44. The summed E-state index contributed by atoms with van der Waals surface area (Å²) in [6, 6.07) is 14.5. The number of anilines is 1. The van der Waals surface area contributed by atoms with Gasteiger partial charge in [0, 0.05) is 5.69 Å². The molecule has 0 saturated carbocycles. The van der Waals surface area contributed by atoms with Crippen molar-refractivity contribution in [3.8, 4) is 16.9 Å². The van der Waals surface area contributed by atoms with E-state index >= 15 is 0 Å². The van der Waals surface area contributed by atoms with Gasteiger partial charge in [-0.05, 0) is 65.4 Å². The van der Waals surface area contributed by atoms with Crippen molar-refractivity contribution in [1.82, 2.24) is 0 Å². The Kier molecular flexibility index (Phi) is 7.36. The topological polar surface area (TPSA) is 32.7 Å². The minimum atomic E-state index is -4.94. The van der Waals surface area contributed by atoms with Crippen LogP contribution in [-0.2, 0) is 6.42 Å². The fraction of sp³-hybridized carbons (Fsp3) is 0.308. The van der Waals surface area contributed by atoms with Crippen molar-refractivity contribution >= 4 is 5.69 Å². The number of fused-ring (bicyclic) bond motifs is 1. The second kappa shape index (κ2) is 10.2. The molecule has 1 N–H and O–H groups in total. The molecule has 0 fully saturated rings. The Balaban J connectivity index is 1.76. The molecular weight excluding hydrogens is 510 g/mol. The van der Waals surface area contributed by atoms with E-state index in [1.807, 2.05) is 0 Å². The van der Waals surface area contributed by atoms with E-state index in [1.165, 1.54) is 35.2 Å². The van der Waals surface area contributed by atoms with E-state index in [1.54, 1.807) is 24.3 Å². The number of nitrogens with zero attached hydrogens (tertiary/aromatic N) is 1. The number of β-amino-alcohol motifs (C(OH)–C–C–N with tert-alkyl or cyclic N) is 1. The third-order valence-corrected chi connectivity index (χ3v) is 6.14. The zero-order valence-electron chi connectivity index (χ0n) is 19.0. The summed E-state index contributed by atoms with van der Waals surface area (Å²) in [5.41, 5.74) is 2.30. The molecule has 1 aliphatic rings. The molecule has 4 rings (SSSR count). The standard InChI is InChI=1S/C26H21F8NO2/c27-17-6-1-4-15(12-17)19-8-3-9-22-20(19)10-11-21(35(22)14-23(36)25(30,31)32)16-5-2-7-18(13-16)37-26(33,34)24(28)29/h1-9,12-13,21,23-24,36H,10-11,14H2. The van der Waals surface area contributed by atoms with Crippen LogP contribution < -0.4 is 9.64 Å². The molecule has 1 aliphatic heterocycles. The van der Waals surface area contributed by atoms with E-state index in [9.17, 15) is 40.2 Å². The highest BCUT2D eigenvalue weighted by molar-refractivity contribution is 5.76. The number of rotatable bonds is 7. The van der Waals surface area contributed by atoms with Crippen molar-refractivity contribution in [2.24, 2.45) is 0 Å². The maximum atomic E-state index is 13.9. The van der Waals surface area contributed by atoms with Crippen LogP contribution in [0.15, 0.2) is 66.7 Å². The molecule has 0 radical (unpaired) electrons. The lowest BCUT2D eigenvalue weighted by Gasteiger charge is -2.41. The molecule has 0 amide bonds. The van der Waals surface area contributed by atoms with Gasteiger partial charge in [-0.15, -0.1) is 0 Å². The minimum Gasteiger partial charge on any atom is -0.428 e. The van der Waals surface area contributed by atoms with Gasteiger partial charge in [-0.2, -0.15) is 30.7 Å². The summed E-state index contributed by atoms with van der Waals surface area (Å²) in [5.74, 6) is -1.08. The van der Waals surface area contributed by atoms with Crippen LogP contribution in [0.4, 0.5) is 40.8 Å². The number of halogens is 8. The van der Waals surface area contributed by atoms with Crippen molar-refractivity contribution in [1.29, 1.82) is 0 Å². The minimum absolute atomic E-state index is 0.193. The van der Waals surface area contributed by atoms with Crippen LogP contribution in [0.25, 0.3) is 11.1 Å². The number of aliphatic hydroxyl groups excluding tert-OH is 1. The van der Waals surface area contributed by atoms with Crippen LogP contribution in [0.1, 0.15) is 23.6 Å². The molecule has 2 unspecified atom stereocenters. The Morgan fingerprint density at radius 3 is 2.32 bits per heavy atom. The van der Waals surface area contributed by atoms with Crippen LogP contribution in [0.3, 0.4) is 0 Å². The average Bonchev–Trinajstić information content (AvgIpc) is 2.83. The number of ether oxygens (including phenoxy) is 1. The van der Waals surface area contributed by atoms with Gasteiger partial charge in [-0.25, -0.2) is 4.39 Å². The molecule has 3 nitrogen and oxygen atoms in total. The van der Waals surface area contributed by atoms with E-state index < -0.39 is 49.0 Å². The third kappa shape index (κ3) is 5.82. The Morgan fingerprint density at radius 2 is 1.65 bits per heavy atom. The molecule has 37 heavy (non-hydrogen) atoms. The van der Waals surface area contributed by atoms with Crippen LogP contribution in [0.5, 0.6) is 5.75 Å². The summed E-state index contributed by atoms with van der Waals surface area (Å²) in [7, 11) is 0. The quantitative estimate of drug-likeness (QED) is 0.329. The zero-order chi connectivity index (χ0) is 27.0. The van der Waals surface area contributed by atoms with E-state index in [0.29, 0.717) is 28.8 Å². The molecule has 0 spiro atoms. The maximum absolute atomic E-state index is 13.9. The summed E-state index contributed by atoms with van der Waals surface area (Å²) < 4.78 is 110. The summed E-state index contributed by atoms with van der Waals surface area (Å²) in [4.78, 5) is 1.30. The van der Waals surface area contributed by atoms with Crippen molar-refractivity contribution in [2.45, 2.75) is 43.7 Å². The number of benzene rings is 3. The normalized spacial score (nSPS) is 17.0. The molecule has 2 atom stereocenters. The number of alkyl halides is 7. The van der Waals surface area contributed by atoms with Gasteiger partial charge in [0.1, 0.15) is 11.6 Å². The van der Waals surface area contributed by atoms with Gasteiger partial charge in [0.05, 0.1) is 12.6 Å². The molecule has 0 aliphatic carbocycles. The Hall–Kier alpha value is -3.34. The highest BCUT2D eigenvalue weighted by Crippen LogP contribution is 2.44. The lowest BCUT2D eigenvalue weighted by Crippen LogP contribution is -2.44. The summed E-state index contributed by atoms with van der Waals surface area (Å²) in [6.07, 6.45) is -16.0. The number of hydrogen-bond donors (Lipinski definition) is 1.